The van der Waals surface area contributed by atoms with Crippen LogP contribution in [0.25, 0.3) is 11.0 Å². The van der Waals surface area contributed by atoms with Crippen LogP contribution >= 0.6 is 0 Å². The summed E-state index contributed by atoms with van der Waals surface area (Å²) in [6.07, 6.45) is 6.23. The first-order valence-corrected chi connectivity index (χ1v) is 9.27. The Bertz CT molecular complexity index is 858. The topological polar surface area (TPSA) is 87.3 Å². The van der Waals surface area contributed by atoms with Gasteiger partial charge in [-0.25, -0.2) is 9.78 Å². The molecule has 2 aromatic rings. The average molecular weight is 370 g/mol. The first kappa shape index (κ1) is 18.9. The largest absolute Gasteiger partial charge is 0.459 e. The molecular formula is C20H26N4O3. The van der Waals surface area contributed by atoms with E-state index in [0.717, 1.165) is 18.2 Å². The third kappa shape index (κ3) is 3.97. The molecule has 2 unspecified atom stereocenters. The molecule has 1 aliphatic rings. The number of fused-ring (bicyclic) bond motifs is 1. The van der Waals surface area contributed by atoms with Crippen molar-refractivity contribution in [1.29, 1.82) is 0 Å². The number of aromatic amines is 1. The molecule has 1 amide bonds. The summed E-state index contributed by atoms with van der Waals surface area (Å²) < 4.78 is 5.38. The highest BCUT2D eigenvalue weighted by molar-refractivity contribution is 6.04. The van der Waals surface area contributed by atoms with E-state index in [2.05, 4.69) is 21.9 Å². The number of hydrogen-bond donors (Lipinski definition) is 2. The normalized spacial score (nSPS) is 19.9. The Morgan fingerprint density at radius 3 is 2.93 bits per heavy atom. The van der Waals surface area contributed by atoms with Gasteiger partial charge in [0.1, 0.15) is 11.2 Å². The fourth-order valence-corrected chi connectivity index (χ4v) is 3.45. The smallest absolute Gasteiger partial charge is 0.342 e. The summed E-state index contributed by atoms with van der Waals surface area (Å²) in [5, 5.41) is 4.30. The average Bonchev–Trinajstić information content (AvgIpc) is 3.11. The van der Waals surface area contributed by atoms with Crippen molar-refractivity contribution in [3.63, 3.8) is 0 Å². The van der Waals surface area contributed by atoms with Gasteiger partial charge in [0.2, 0.25) is 5.91 Å². The maximum atomic E-state index is 12.6. The molecule has 0 bridgehead atoms. The number of hydrogen-bond acceptors (Lipinski definition) is 5. The summed E-state index contributed by atoms with van der Waals surface area (Å²) in [6.45, 7) is 9.82. The van der Waals surface area contributed by atoms with Gasteiger partial charge in [0.15, 0.2) is 0 Å². The van der Waals surface area contributed by atoms with Gasteiger partial charge in [-0.05, 0) is 45.8 Å². The molecule has 0 saturated carbocycles. The molecule has 0 spiro atoms. The van der Waals surface area contributed by atoms with Crippen LogP contribution in [-0.4, -0.2) is 51.5 Å². The molecule has 2 N–H and O–H groups in total. The Morgan fingerprint density at radius 1 is 1.44 bits per heavy atom. The van der Waals surface area contributed by atoms with E-state index in [1.807, 2.05) is 31.7 Å². The standard InChI is InChI=1S/C20H26N4O3/c1-5-17(25)24-11-14(7-6-13(24)4)23-18-15-8-9-21-19(15)22-10-16(18)20(26)27-12(2)3/h5,8-10,12-14H,1,6-7,11H2,2-4H3,(H2,21,22,23). The number of carbonyl (C=O) groups is 2. The minimum absolute atomic E-state index is 0.0243. The number of amides is 1. The predicted octanol–water partition coefficient (Wildman–Crippen LogP) is 3.11. The molecule has 0 aliphatic carbocycles. The molecule has 0 radical (unpaired) electrons. The van der Waals surface area contributed by atoms with E-state index in [-0.39, 0.29) is 24.1 Å². The van der Waals surface area contributed by atoms with E-state index in [1.54, 1.807) is 6.20 Å². The SMILES string of the molecule is C=CC(=O)N1CC(Nc2c(C(=O)OC(C)C)cnc3[nH]ccc23)CCC1C. The Kier molecular flexibility index (Phi) is 5.48. The Balaban J connectivity index is 1.91. The fraction of sp³-hybridized carbons (Fsp3) is 0.450. The van der Waals surface area contributed by atoms with Gasteiger partial charge < -0.3 is 19.9 Å². The molecular weight excluding hydrogens is 344 g/mol. The monoisotopic (exact) mass is 370 g/mol. The molecule has 144 valence electrons. The lowest BCUT2D eigenvalue weighted by molar-refractivity contribution is -0.129. The zero-order valence-corrected chi connectivity index (χ0v) is 16.0. The number of H-pyrrole nitrogens is 1. The van der Waals surface area contributed by atoms with E-state index < -0.39 is 5.97 Å². The lowest BCUT2D eigenvalue weighted by Crippen LogP contribution is -2.49. The predicted molar refractivity (Wildman–Crippen MR) is 105 cm³/mol. The first-order chi connectivity index (χ1) is 12.9. The van der Waals surface area contributed by atoms with Crippen molar-refractivity contribution in [2.24, 2.45) is 0 Å². The summed E-state index contributed by atoms with van der Waals surface area (Å²) in [5.41, 5.74) is 1.79. The van der Waals surface area contributed by atoms with Gasteiger partial charge in [-0.1, -0.05) is 6.58 Å². The molecule has 2 atom stereocenters. The lowest BCUT2D eigenvalue weighted by Gasteiger charge is -2.38. The van der Waals surface area contributed by atoms with Crippen LogP contribution in [0, 0.1) is 0 Å². The van der Waals surface area contributed by atoms with Gasteiger partial charge in [-0.2, -0.15) is 0 Å². The Morgan fingerprint density at radius 2 is 2.22 bits per heavy atom. The third-order valence-corrected chi connectivity index (χ3v) is 4.84. The molecule has 2 aromatic heterocycles. The molecule has 0 aromatic carbocycles. The van der Waals surface area contributed by atoms with E-state index in [0.29, 0.717) is 23.4 Å². The zero-order valence-electron chi connectivity index (χ0n) is 16.0. The number of nitrogens with one attached hydrogen (secondary N) is 2. The summed E-state index contributed by atoms with van der Waals surface area (Å²) in [7, 11) is 0. The molecule has 27 heavy (non-hydrogen) atoms. The maximum Gasteiger partial charge on any atom is 0.342 e. The van der Waals surface area contributed by atoms with Crippen LogP contribution in [0.4, 0.5) is 5.69 Å². The van der Waals surface area contributed by atoms with E-state index in [4.69, 9.17) is 4.74 Å². The minimum Gasteiger partial charge on any atom is -0.459 e. The van der Waals surface area contributed by atoms with Crippen LogP contribution in [0.15, 0.2) is 31.1 Å². The van der Waals surface area contributed by atoms with Crippen molar-refractivity contribution in [2.75, 3.05) is 11.9 Å². The number of pyridine rings is 1. The van der Waals surface area contributed by atoms with Crippen LogP contribution in [0.3, 0.4) is 0 Å². The number of carbonyl (C=O) groups excluding carboxylic acids is 2. The van der Waals surface area contributed by atoms with E-state index in [1.165, 1.54) is 12.3 Å². The van der Waals surface area contributed by atoms with Crippen LogP contribution in [0.5, 0.6) is 0 Å². The Labute approximate surface area is 158 Å². The van der Waals surface area contributed by atoms with Gasteiger partial charge in [0.05, 0.1) is 11.8 Å². The zero-order chi connectivity index (χ0) is 19.6. The molecule has 3 heterocycles. The van der Waals surface area contributed by atoms with Crippen LogP contribution < -0.4 is 5.32 Å². The van der Waals surface area contributed by atoms with Crippen molar-refractivity contribution in [2.45, 2.75) is 51.8 Å². The molecule has 7 heteroatoms. The molecule has 7 nitrogen and oxygen atoms in total. The number of ether oxygens (including phenoxy) is 1. The highest BCUT2D eigenvalue weighted by Gasteiger charge is 2.29. The van der Waals surface area contributed by atoms with Gasteiger partial charge in [-0.3, -0.25) is 4.79 Å². The summed E-state index contributed by atoms with van der Waals surface area (Å²) in [6, 6.07) is 2.08. The van der Waals surface area contributed by atoms with Crippen molar-refractivity contribution in [1.82, 2.24) is 14.9 Å². The van der Waals surface area contributed by atoms with Crippen molar-refractivity contribution < 1.29 is 14.3 Å². The van der Waals surface area contributed by atoms with Crippen LogP contribution in [0.1, 0.15) is 44.0 Å². The van der Waals surface area contributed by atoms with Gasteiger partial charge in [0.25, 0.3) is 0 Å². The number of nitrogens with zero attached hydrogens (tertiary/aromatic N) is 2. The Hall–Kier alpha value is -2.83. The third-order valence-electron chi connectivity index (χ3n) is 4.84. The molecule has 1 aliphatic heterocycles. The van der Waals surface area contributed by atoms with Crippen LogP contribution in [0.2, 0.25) is 0 Å². The number of likely N-dealkylation sites (tertiary alicyclic amines) is 1. The van der Waals surface area contributed by atoms with Gasteiger partial charge in [0, 0.05) is 36.4 Å². The van der Waals surface area contributed by atoms with Crippen LogP contribution in [-0.2, 0) is 9.53 Å². The van der Waals surface area contributed by atoms with E-state index >= 15 is 0 Å². The number of rotatable bonds is 5. The highest BCUT2D eigenvalue weighted by atomic mass is 16.5. The maximum absolute atomic E-state index is 12.6. The number of esters is 1. The molecule has 3 rings (SSSR count). The molecule has 1 saturated heterocycles. The van der Waals surface area contributed by atoms with Crippen molar-refractivity contribution in [3.05, 3.63) is 36.7 Å². The number of anilines is 1. The number of piperidine rings is 1. The second kappa shape index (κ2) is 7.82. The van der Waals surface area contributed by atoms with Crippen molar-refractivity contribution in [3.8, 4) is 0 Å². The van der Waals surface area contributed by atoms with E-state index in [9.17, 15) is 9.59 Å². The summed E-state index contributed by atoms with van der Waals surface area (Å²) in [5.74, 6) is -0.485. The van der Waals surface area contributed by atoms with Gasteiger partial charge >= 0.3 is 5.97 Å². The lowest BCUT2D eigenvalue weighted by atomic mass is 9.98. The highest BCUT2D eigenvalue weighted by Crippen LogP contribution is 2.29. The summed E-state index contributed by atoms with van der Waals surface area (Å²) >= 11 is 0. The molecule has 1 fully saturated rings. The second-order valence-corrected chi connectivity index (χ2v) is 7.20. The first-order valence-electron chi connectivity index (χ1n) is 9.27. The second-order valence-electron chi connectivity index (χ2n) is 7.20. The fourth-order valence-electron chi connectivity index (χ4n) is 3.45. The number of aromatic nitrogens is 2. The minimum atomic E-state index is -0.411. The summed E-state index contributed by atoms with van der Waals surface area (Å²) in [4.78, 5) is 33.9. The quantitative estimate of drug-likeness (QED) is 0.624. The van der Waals surface area contributed by atoms with Crippen molar-refractivity contribution >= 4 is 28.6 Å². The van der Waals surface area contributed by atoms with Gasteiger partial charge in [-0.15, -0.1) is 0 Å².